The lowest BCUT2D eigenvalue weighted by Gasteiger charge is -2.13. The zero-order valence-corrected chi connectivity index (χ0v) is 8.43. The Hall–Kier alpha value is -1.85. The molecule has 0 radical (unpaired) electrons. The molecule has 1 fully saturated rings. The van der Waals surface area contributed by atoms with E-state index in [9.17, 15) is 9.59 Å². The molecule has 1 saturated heterocycles. The van der Waals surface area contributed by atoms with E-state index < -0.39 is 0 Å². The van der Waals surface area contributed by atoms with Gasteiger partial charge in [0.25, 0.3) is 0 Å². The molecule has 2 rings (SSSR count). The van der Waals surface area contributed by atoms with Gasteiger partial charge in [0.15, 0.2) is 0 Å². The van der Waals surface area contributed by atoms with Crippen molar-refractivity contribution < 1.29 is 9.59 Å². The van der Waals surface area contributed by atoms with Crippen LogP contribution >= 0.6 is 0 Å². The van der Waals surface area contributed by atoms with Crippen molar-refractivity contribution in [3.63, 3.8) is 0 Å². The predicted octanol–water partition coefficient (Wildman–Crippen LogP) is -0.257. The Kier molecular flexibility index (Phi) is 2.40. The molecule has 0 aliphatic carbocycles. The molecule has 3 amide bonds. The Morgan fingerprint density at radius 1 is 1.47 bits per heavy atom. The van der Waals surface area contributed by atoms with Crippen LogP contribution in [0.4, 0.5) is 4.79 Å². The van der Waals surface area contributed by atoms with Gasteiger partial charge in [0, 0.05) is 25.5 Å². The maximum Gasteiger partial charge on any atom is 0.324 e. The van der Waals surface area contributed by atoms with Gasteiger partial charge in [-0.15, -0.1) is 0 Å². The first kappa shape index (κ1) is 9.70. The van der Waals surface area contributed by atoms with E-state index in [0.717, 1.165) is 5.82 Å². The molecule has 0 aromatic carbocycles. The number of rotatable bonds is 3. The Balaban J connectivity index is 1.91. The highest BCUT2D eigenvalue weighted by atomic mass is 16.2. The number of aromatic nitrogens is 2. The molecule has 6 heteroatoms. The molecule has 1 N–H and O–H groups in total. The minimum absolute atomic E-state index is 0.159. The summed E-state index contributed by atoms with van der Waals surface area (Å²) in [7, 11) is 0. The van der Waals surface area contributed by atoms with Crippen molar-refractivity contribution in [1.29, 1.82) is 0 Å². The molecule has 0 bridgehead atoms. The minimum atomic E-state index is -0.308. The van der Waals surface area contributed by atoms with E-state index >= 15 is 0 Å². The summed E-state index contributed by atoms with van der Waals surface area (Å²) >= 11 is 0. The van der Waals surface area contributed by atoms with Crippen LogP contribution in [-0.4, -0.2) is 39.5 Å². The van der Waals surface area contributed by atoms with Crippen molar-refractivity contribution in [2.75, 3.05) is 13.1 Å². The number of imidazole rings is 1. The predicted molar refractivity (Wildman–Crippen MR) is 52.1 cm³/mol. The van der Waals surface area contributed by atoms with E-state index in [-0.39, 0.29) is 18.5 Å². The maximum absolute atomic E-state index is 11.2. The minimum Gasteiger partial charge on any atom is -0.333 e. The standard InChI is InChI=1S/C9H12N4O2/c1-7-10-2-3-12(7)4-5-13-6-8(14)11-9(13)15/h2-3H,4-6H2,1H3,(H,11,14,15). The SMILES string of the molecule is Cc1nccn1CCN1CC(=O)NC1=O. The summed E-state index contributed by atoms with van der Waals surface area (Å²) in [4.78, 5) is 27.7. The van der Waals surface area contributed by atoms with Crippen molar-refractivity contribution in [3.8, 4) is 0 Å². The Bertz CT molecular complexity index is 399. The number of nitrogens with one attached hydrogen (secondary N) is 1. The number of carbonyl (C=O) groups is 2. The Morgan fingerprint density at radius 2 is 2.27 bits per heavy atom. The van der Waals surface area contributed by atoms with Gasteiger partial charge < -0.3 is 9.47 Å². The molecule has 6 nitrogen and oxygen atoms in total. The summed E-state index contributed by atoms with van der Waals surface area (Å²) in [6, 6.07) is -0.308. The Labute approximate surface area is 86.9 Å². The highest BCUT2D eigenvalue weighted by Gasteiger charge is 2.25. The maximum atomic E-state index is 11.2. The average molecular weight is 208 g/mol. The molecule has 1 aromatic rings. The largest absolute Gasteiger partial charge is 0.333 e. The number of nitrogens with zero attached hydrogens (tertiary/aromatic N) is 3. The van der Waals surface area contributed by atoms with E-state index in [1.54, 1.807) is 6.20 Å². The summed E-state index contributed by atoms with van der Waals surface area (Å²) < 4.78 is 1.94. The fourth-order valence-corrected chi connectivity index (χ4v) is 1.53. The topological polar surface area (TPSA) is 67.2 Å². The molecule has 1 aliphatic rings. The van der Waals surface area contributed by atoms with Crippen molar-refractivity contribution >= 4 is 11.9 Å². The van der Waals surface area contributed by atoms with Crippen molar-refractivity contribution in [2.45, 2.75) is 13.5 Å². The fraction of sp³-hybridized carbons (Fsp3) is 0.444. The van der Waals surface area contributed by atoms with Crippen molar-refractivity contribution in [3.05, 3.63) is 18.2 Å². The second-order valence-corrected chi connectivity index (χ2v) is 3.44. The van der Waals surface area contributed by atoms with Gasteiger partial charge in [-0.25, -0.2) is 9.78 Å². The van der Waals surface area contributed by atoms with Crippen LogP contribution in [0, 0.1) is 6.92 Å². The molecule has 0 unspecified atom stereocenters. The van der Waals surface area contributed by atoms with Crippen LogP contribution < -0.4 is 5.32 Å². The molecule has 1 aromatic heterocycles. The van der Waals surface area contributed by atoms with E-state index in [1.807, 2.05) is 17.7 Å². The lowest BCUT2D eigenvalue weighted by Crippen LogP contribution is -2.31. The lowest BCUT2D eigenvalue weighted by atomic mass is 10.5. The molecule has 2 heterocycles. The molecule has 0 spiro atoms. The van der Waals surface area contributed by atoms with Crippen molar-refractivity contribution in [2.24, 2.45) is 0 Å². The molecular weight excluding hydrogens is 196 g/mol. The summed E-state index contributed by atoms with van der Waals surface area (Å²) in [6.45, 7) is 3.24. The van der Waals surface area contributed by atoms with Gasteiger partial charge in [-0.2, -0.15) is 0 Å². The van der Waals surface area contributed by atoms with E-state index in [1.165, 1.54) is 4.90 Å². The number of hydrogen-bond donors (Lipinski definition) is 1. The molecule has 0 saturated carbocycles. The van der Waals surface area contributed by atoms with Crippen LogP contribution in [0.15, 0.2) is 12.4 Å². The summed E-state index contributed by atoms with van der Waals surface area (Å²) in [5.74, 6) is 0.670. The summed E-state index contributed by atoms with van der Waals surface area (Å²) in [6.07, 6.45) is 3.57. The quantitative estimate of drug-likeness (QED) is 0.696. The Morgan fingerprint density at radius 3 is 2.80 bits per heavy atom. The zero-order valence-electron chi connectivity index (χ0n) is 8.43. The van der Waals surface area contributed by atoms with Crippen LogP contribution in [0.1, 0.15) is 5.82 Å². The van der Waals surface area contributed by atoms with Crippen LogP contribution in [0.5, 0.6) is 0 Å². The second kappa shape index (κ2) is 3.72. The first-order chi connectivity index (χ1) is 7.16. The first-order valence-electron chi connectivity index (χ1n) is 4.73. The number of hydrogen-bond acceptors (Lipinski definition) is 3. The first-order valence-corrected chi connectivity index (χ1v) is 4.73. The van der Waals surface area contributed by atoms with Crippen LogP contribution in [-0.2, 0) is 11.3 Å². The number of amides is 3. The van der Waals surface area contributed by atoms with Gasteiger partial charge in [0.1, 0.15) is 12.4 Å². The number of imide groups is 1. The molecule has 15 heavy (non-hydrogen) atoms. The average Bonchev–Trinajstić information content (AvgIpc) is 2.70. The van der Waals surface area contributed by atoms with Gasteiger partial charge in [-0.1, -0.05) is 0 Å². The monoisotopic (exact) mass is 208 g/mol. The van der Waals surface area contributed by atoms with Crippen molar-refractivity contribution in [1.82, 2.24) is 19.8 Å². The summed E-state index contributed by atoms with van der Waals surface area (Å²) in [5, 5.41) is 2.23. The molecule has 0 atom stereocenters. The smallest absolute Gasteiger partial charge is 0.324 e. The normalized spacial score (nSPS) is 15.9. The van der Waals surface area contributed by atoms with Gasteiger partial charge in [0.05, 0.1) is 0 Å². The van der Waals surface area contributed by atoms with Crippen LogP contribution in [0.25, 0.3) is 0 Å². The highest BCUT2D eigenvalue weighted by Crippen LogP contribution is 2.00. The molecule has 80 valence electrons. The van der Waals surface area contributed by atoms with Gasteiger partial charge in [-0.3, -0.25) is 10.1 Å². The van der Waals surface area contributed by atoms with Gasteiger partial charge in [-0.05, 0) is 6.92 Å². The van der Waals surface area contributed by atoms with Crippen LogP contribution in [0.2, 0.25) is 0 Å². The summed E-state index contributed by atoms with van der Waals surface area (Å²) in [5.41, 5.74) is 0. The second-order valence-electron chi connectivity index (χ2n) is 3.44. The lowest BCUT2D eigenvalue weighted by molar-refractivity contribution is -0.118. The molecule has 1 aliphatic heterocycles. The third-order valence-electron chi connectivity index (χ3n) is 2.40. The fourth-order valence-electron chi connectivity index (χ4n) is 1.53. The third-order valence-corrected chi connectivity index (χ3v) is 2.40. The van der Waals surface area contributed by atoms with E-state index in [4.69, 9.17) is 0 Å². The number of urea groups is 1. The number of carbonyl (C=O) groups excluding carboxylic acids is 2. The van der Waals surface area contributed by atoms with Crippen LogP contribution in [0.3, 0.4) is 0 Å². The van der Waals surface area contributed by atoms with E-state index in [2.05, 4.69) is 10.3 Å². The zero-order chi connectivity index (χ0) is 10.8. The number of aryl methyl sites for hydroxylation is 1. The third kappa shape index (κ3) is 1.98. The van der Waals surface area contributed by atoms with Gasteiger partial charge in [0.2, 0.25) is 5.91 Å². The highest BCUT2D eigenvalue weighted by molar-refractivity contribution is 6.01. The van der Waals surface area contributed by atoms with Gasteiger partial charge >= 0.3 is 6.03 Å². The van der Waals surface area contributed by atoms with E-state index in [0.29, 0.717) is 13.1 Å². The molecular formula is C9H12N4O2.